The van der Waals surface area contributed by atoms with Gasteiger partial charge < -0.3 is 19.7 Å². The number of hydrogen-bond donors (Lipinski definition) is 2. The molecule has 0 bridgehead atoms. The number of aromatic nitrogens is 4. The third-order valence-electron chi connectivity index (χ3n) is 5.01. The standard InChI is InChI=1S/C20H19F4N7O3S/c1-33-16(11-4-5-13(21)14(9-11)34-20(22,23)24)17(32)27-19-30-29-18(35-19)26-12-6-8-31(10-12)15-3-2-7-25-28-15/h2-5,7,9,12,16H,6,8,10H2,1H3,(H,26,29)(H,27,30,32)/t12-,16-/m1/s1. The number of nitrogens with one attached hydrogen (secondary N) is 2. The molecule has 15 heteroatoms. The van der Waals surface area contributed by atoms with Crippen molar-refractivity contribution >= 4 is 33.3 Å². The summed E-state index contributed by atoms with van der Waals surface area (Å²) in [5.74, 6) is -2.25. The van der Waals surface area contributed by atoms with Crippen molar-refractivity contribution in [3.8, 4) is 5.75 Å². The van der Waals surface area contributed by atoms with Gasteiger partial charge in [0.15, 0.2) is 23.5 Å². The molecule has 0 radical (unpaired) electrons. The molecular formula is C20H19F4N7O3S. The van der Waals surface area contributed by atoms with Crippen LogP contribution >= 0.6 is 11.3 Å². The summed E-state index contributed by atoms with van der Waals surface area (Å²) in [5.41, 5.74) is -0.0384. The van der Waals surface area contributed by atoms with Gasteiger partial charge in [-0.3, -0.25) is 10.1 Å². The van der Waals surface area contributed by atoms with Crippen LogP contribution < -0.4 is 20.3 Å². The van der Waals surface area contributed by atoms with Crippen LogP contribution in [-0.2, 0) is 9.53 Å². The molecule has 186 valence electrons. The molecule has 4 rings (SSSR count). The van der Waals surface area contributed by atoms with E-state index in [1.165, 1.54) is 7.11 Å². The molecule has 1 aromatic carbocycles. The number of ether oxygens (including phenoxy) is 2. The lowest BCUT2D eigenvalue weighted by molar-refractivity contribution is -0.275. The largest absolute Gasteiger partial charge is 0.573 e. The predicted molar refractivity (Wildman–Crippen MR) is 118 cm³/mol. The van der Waals surface area contributed by atoms with E-state index >= 15 is 0 Å². The minimum atomic E-state index is -5.09. The minimum Gasteiger partial charge on any atom is -0.403 e. The van der Waals surface area contributed by atoms with Gasteiger partial charge in [0.2, 0.25) is 10.3 Å². The molecule has 0 spiro atoms. The molecule has 3 heterocycles. The van der Waals surface area contributed by atoms with E-state index in [9.17, 15) is 22.4 Å². The van der Waals surface area contributed by atoms with Crippen molar-refractivity contribution in [2.24, 2.45) is 0 Å². The summed E-state index contributed by atoms with van der Waals surface area (Å²) in [6.07, 6.45) is -4.00. The molecule has 2 N–H and O–H groups in total. The van der Waals surface area contributed by atoms with Crippen LogP contribution in [0.3, 0.4) is 0 Å². The predicted octanol–water partition coefficient (Wildman–Crippen LogP) is 3.38. The van der Waals surface area contributed by atoms with Crippen LogP contribution in [0.5, 0.6) is 5.75 Å². The highest BCUT2D eigenvalue weighted by molar-refractivity contribution is 7.19. The van der Waals surface area contributed by atoms with Gasteiger partial charge in [-0.25, -0.2) is 4.39 Å². The van der Waals surface area contributed by atoms with E-state index in [1.54, 1.807) is 6.20 Å². The molecule has 35 heavy (non-hydrogen) atoms. The van der Waals surface area contributed by atoms with Crippen molar-refractivity contribution in [1.29, 1.82) is 0 Å². The van der Waals surface area contributed by atoms with Crippen LogP contribution in [0.25, 0.3) is 0 Å². The van der Waals surface area contributed by atoms with Gasteiger partial charge in [0.05, 0.1) is 0 Å². The Morgan fingerprint density at radius 3 is 2.74 bits per heavy atom. The maximum absolute atomic E-state index is 13.7. The Morgan fingerprint density at radius 1 is 1.23 bits per heavy atom. The summed E-state index contributed by atoms with van der Waals surface area (Å²) < 4.78 is 60.0. The SMILES string of the molecule is CO[C@@H](C(=O)Nc1nnc(N[C@@H]2CCN(c3cccnn3)C2)s1)c1ccc(F)c(OC(F)(F)F)c1. The number of anilines is 3. The van der Waals surface area contributed by atoms with Crippen LogP contribution in [0.2, 0.25) is 0 Å². The molecule has 2 aromatic heterocycles. The second kappa shape index (κ2) is 10.4. The number of carbonyl (C=O) groups excluding carboxylic acids is 1. The molecule has 10 nitrogen and oxygen atoms in total. The number of halogens is 4. The Bertz CT molecular complexity index is 1170. The van der Waals surface area contributed by atoms with Gasteiger partial charge in [-0.15, -0.1) is 28.5 Å². The summed E-state index contributed by atoms with van der Waals surface area (Å²) in [5, 5.41) is 22.3. The van der Waals surface area contributed by atoms with E-state index in [0.29, 0.717) is 11.7 Å². The zero-order chi connectivity index (χ0) is 25.0. The quantitative estimate of drug-likeness (QED) is 0.438. The smallest absolute Gasteiger partial charge is 0.403 e. The van der Waals surface area contributed by atoms with E-state index in [1.807, 2.05) is 12.1 Å². The monoisotopic (exact) mass is 513 g/mol. The summed E-state index contributed by atoms with van der Waals surface area (Å²) >= 11 is 1.08. The number of carbonyl (C=O) groups is 1. The van der Waals surface area contributed by atoms with E-state index in [4.69, 9.17) is 4.74 Å². The lowest BCUT2D eigenvalue weighted by Gasteiger charge is -2.17. The van der Waals surface area contributed by atoms with E-state index < -0.39 is 29.9 Å². The van der Waals surface area contributed by atoms with Crippen LogP contribution in [-0.4, -0.2) is 58.9 Å². The molecule has 1 fully saturated rings. The maximum Gasteiger partial charge on any atom is 0.573 e. The fraction of sp³-hybridized carbons (Fsp3) is 0.350. The Balaban J connectivity index is 1.37. The summed E-state index contributed by atoms with van der Waals surface area (Å²) in [4.78, 5) is 14.8. The Morgan fingerprint density at radius 2 is 2.03 bits per heavy atom. The fourth-order valence-electron chi connectivity index (χ4n) is 3.51. The molecule has 3 aromatic rings. The Hall–Kier alpha value is -3.59. The van der Waals surface area contributed by atoms with Crippen LogP contribution in [0.1, 0.15) is 18.1 Å². The third-order valence-corrected chi connectivity index (χ3v) is 5.78. The van der Waals surface area contributed by atoms with Crippen molar-refractivity contribution < 1.29 is 31.8 Å². The molecule has 0 aliphatic carbocycles. The van der Waals surface area contributed by atoms with Gasteiger partial charge in [0.1, 0.15) is 0 Å². The van der Waals surface area contributed by atoms with Crippen LogP contribution in [0, 0.1) is 5.82 Å². The highest BCUT2D eigenvalue weighted by atomic mass is 32.1. The summed E-state index contributed by atoms with van der Waals surface area (Å²) in [6, 6.07) is 6.40. The lowest BCUT2D eigenvalue weighted by Crippen LogP contribution is -2.26. The number of benzene rings is 1. The van der Waals surface area contributed by atoms with Crippen molar-refractivity contribution in [2.75, 3.05) is 35.7 Å². The number of amides is 1. The topological polar surface area (TPSA) is 114 Å². The molecule has 0 unspecified atom stereocenters. The zero-order valence-corrected chi connectivity index (χ0v) is 18.9. The molecule has 1 amide bonds. The first-order valence-electron chi connectivity index (χ1n) is 10.2. The number of methoxy groups -OCH3 is 1. The van der Waals surface area contributed by atoms with Crippen molar-refractivity contribution in [2.45, 2.75) is 24.9 Å². The first kappa shape index (κ1) is 24.5. The average Bonchev–Trinajstić information content (AvgIpc) is 3.46. The normalized spacial score (nSPS) is 16.7. The van der Waals surface area contributed by atoms with E-state index in [0.717, 1.165) is 48.3 Å². The van der Waals surface area contributed by atoms with Crippen molar-refractivity contribution in [1.82, 2.24) is 20.4 Å². The maximum atomic E-state index is 13.7. The number of nitrogens with zero attached hydrogens (tertiary/aromatic N) is 5. The molecule has 1 aliphatic heterocycles. The first-order chi connectivity index (χ1) is 16.7. The zero-order valence-electron chi connectivity index (χ0n) is 18.1. The van der Waals surface area contributed by atoms with Crippen molar-refractivity contribution in [3.63, 3.8) is 0 Å². The van der Waals surface area contributed by atoms with E-state index in [-0.39, 0.29) is 16.7 Å². The van der Waals surface area contributed by atoms with Crippen LogP contribution in [0.15, 0.2) is 36.5 Å². The molecule has 2 atom stereocenters. The van der Waals surface area contributed by atoms with Gasteiger partial charge in [-0.05, 0) is 36.2 Å². The summed E-state index contributed by atoms with van der Waals surface area (Å²) in [7, 11) is 1.19. The summed E-state index contributed by atoms with van der Waals surface area (Å²) in [6.45, 7) is 1.46. The van der Waals surface area contributed by atoms with Gasteiger partial charge in [-0.2, -0.15) is 5.10 Å². The third kappa shape index (κ3) is 6.30. The van der Waals surface area contributed by atoms with Gasteiger partial charge in [-0.1, -0.05) is 17.4 Å². The Kier molecular flexibility index (Phi) is 7.25. The van der Waals surface area contributed by atoms with Gasteiger partial charge >= 0.3 is 6.36 Å². The van der Waals surface area contributed by atoms with E-state index in [2.05, 4.69) is 40.7 Å². The molecule has 0 saturated carbocycles. The molecule has 1 saturated heterocycles. The average molecular weight is 513 g/mol. The number of rotatable bonds is 8. The minimum absolute atomic E-state index is 0.0384. The highest BCUT2D eigenvalue weighted by Crippen LogP contribution is 2.31. The number of hydrogen-bond acceptors (Lipinski definition) is 10. The van der Waals surface area contributed by atoms with Crippen LogP contribution in [0.4, 0.5) is 33.6 Å². The van der Waals surface area contributed by atoms with Crippen molar-refractivity contribution in [3.05, 3.63) is 47.9 Å². The Labute approximate surface area is 200 Å². The second-order valence-corrected chi connectivity index (χ2v) is 8.39. The molecule has 1 aliphatic rings. The lowest BCUT2D eigenvalue weighted by atomic mass is 10.1. The molecular weight excluding hydrogens is 494 g/mol. The fourth-order valence-corrected chi connectivity index (χ4v) is 4.23. The first-order valence-corrected chi connectivity index (χ1v) is 11.0. The van der Waals surface area contributed by atoms with Gasteiger partial charge in [0.25, 0.3) is 5.91 Å². The van der Waals surface area contributed by atoms with Gasteiger partial charge in [0, 0.05) is 32.4 Å². The second-order valence-electron chi connectivity index (χ2n) is 7.41. The number of alkyl halides is 3. The highest BCUT2D eigenvalue weighted by Gasteiger charge is 2.33.